The monoisotopic (exact) mass is 256 g/mol. The summed E-state index contributed by atoms with van der Waals surface area (Å²) >= 11 is 0. The summed E-state index contributed by atoms with van der Waals surface area (Å²) in [6.07, 6.45) is 2.35. The highest BCUT2D eigenvalue weighted by atomic mass is 16.5. The van der Waals surface area contributed by atoms with E-state index in [-0.39, 0.29) is 5.84 Å². The zero-order valence-electron chi connectivity index (χ0n) is 11.0. The number of nitrogens with two attached hydrogens (primary N) is 1. The maximum atomic E-state index is 7.40. The number of aryl methyl sites for hydroxylation is 2. The average molecular weight is 256 g/mol. The van der Waals surface area contributed by atoms with Gasteiger partial charge < -0.3 is 10.5 Å². The molecule has 2 heterocycles. The summed E-state index contributed by atoms with van der Waals surface area (Å²) in [7, 11) is 0. The Bertz CT molecular complexity index is 610. The Kier molecular flexibility index (Phi) is 3.75. The maximum absolute atomic E-state index is 7.40. The first-order valence-corrected chi connectivity index (χ1v) is 6.05. The second-order valence-electron chi connectivity index (χ2n) is 4.15. The lowest BCUT2D eigenvalue weighted by molar-refractivity contribution is 0.454. The molecule has 19 heavy (non-hydrogen) atoms. The van der Waals surface area contributed by atoms with E-state index in [0.717, 1.165) is 17.8 Å². The van der Waals surface area contributed by atoms with Crippen molar-refractivity contribution in [3.63, 3.8) is 0 Å². The third-order valence-corrected chi connectivity index (χ3v) is 2.67. The Morgan fingerprint density at radius 3 is 2.84 bits per heavy atom. The van der Waals surface area contributed by atoms with Gasteiger partial charge >= 0.3 is 0 Å². The van der Waals surface area contributed by atoms with E-state index in [2.05, 4.69) is 9.97 Å². The predicted octanol–water partition coefficient (Wildman–Crippen LogP) is 2.42. The Morgan fingerprint density at radius 1 is 1.37 bits per heavy atom. The number of rotatable bonds is 4. The molecule has 0 radical (unpaired) electrons. The van der Waals surface area contributed by atoms with Gasteiger partial charge in [0, 0.05) is 23.5 Å². The van der Waals surface area contributed by atoms with Crippen molar-refractivity contribution in [1.29, 1.82) is 5.41 Å². The van der Waals surface area contributed by atoms with E-state index < -0.39 is 0 Å². The van der Waals surface area contributed by atoms with Crippen LogP contribution in [0.15, 0.2) is 30.5 Å². The second-order valence-corrected chi connectivity index (χ2v) is 4.15. The van der Waals surface area contributed by atoms with E-state index in [1.165, 1.54) is 0 Å². The van der Waals surface area contributed by atoms with Gasteiger partial charge in [0.2, 0.25) is 5.88 Å². The lowest BCUT2D eigenvalue weighted by Gasteiger charge is -2.09. The molecule has 5 nitrogen and oxygen atoms in total. The summed E-state index contributed by atoms with van der Waals surface area (Å²) < 4.78 is 5.72. The van der Waals surface area contributed by atoms with Gasteiger partial charge in [-0.3, -0.25) is 10.4 Å². The van der Waals surface area contributed by atoms with Crippen LogP contribution in [0.25, 0.3) is 0 Å². The predicted molar refractivity (Wildman–Crippen MR) is 73.7 cm³/mol. The molecule has 5 heteroatoms. The first-order chi connectivity index (χ1) is 9.10. The molecular weight excluding hydrogens is 240 g/mol. The Hall–Kier alpha value is -2.43. The minimum atomic E-state index is -0.00926. The van der Waals surface area contributed by atoms with Crippen LogP contribution in [0.2, 0.25) is 0 Å². The van der Waals surface area contributed by atoms with Crippen molar-refractivity contribution in [1.82, 2.24) is 9.97 Å². The van der Waals surface area contributed by atoms with Crippen molar-refractivity contribution in [2.24, 2.45) is 5.73 Å². The first-order valence-electron chi connectivity index (χ1n) is 6.05. The van der Waals surface area contributed by atoms with Crippen molar-refractivity contribution < 1.29 is 4.74 Å². The van der Waals surface area contributed by atoms with E-state index in [1.54, 1.807) is 18.3 Å². The van der Waals surface area contributed by atoms with E-state index in [1.807, 2.05) is 26.0 Å². The van der Waals surface area contributed by atoms with Gasteiger partial charge in [-0.1, -0.05) is 6.92 Å². The van der Waals surface area contributed by atoms with Gasteiger partial charge in [0.05, 0.1) is 5.69 Å². The molecule has 3 N–H and O–H groups in total. The maximum Gasteiger partial charge on any atom is 0.220 e. The van der Waals surface area contributed by atoms with Gasteiger partial charge in [0.25, 0.3) is 0 Å². The number of hydrogen-bond acceptors (Lipinski definition) is 4. The molecule has 0 aliphatic heterocycles. The van der Waals surface area contributed by atoms with Crippen LogP contribution in [0, 0.1) is 12.3 Å². The highest BCUT2D eigenvalue weighted by molar-refractivity contribution is 5.95. The van der Waals surface area contributed by atoms with Crippen LogP contribution < -0.4 is 10.5 Å². The summed E-state index contributed by atoms with van der Waals surface area (Å²) in [5.41, 5.74) is 7.86. The number of hydrogen-bond donors (Lipinski definition) is 2. The second kappa shape index (κ2) is 5.48. The fourth-order valence-electron chi connectivity index (χ4n) is 1.69. The normalized spacial score (nSPS) is 10.2. The molecule has 2 aromatic heterocycles. The summed E-state index contributed by atoms with van der Waals surface area (Å²) in [5.74, 6) is 1.08. The summed E-state index contributed by atoms with van der Waals surface area (Å²) in [5, 5.41) is 7.40. The number of nitrogens with one attached hydrogen (secondary N) is 1. The smallest absolute Gasteiger partial charge is 0.220 e. The Morgan fingerprint density at radius 2 is 2.16 bits per heavy atom. The molecule has 0 aliphatic carbocycles. The zero-order chi connectivity index (χ0) is 13.8. The number of amidine groups is 1. The van der Waals surface area contributed by atoms with Gasteiger partial charge in [-0.25, -0.2) is 4.98 Å². The van der Waals surface area contributed by atoms with Gasteiger partial charge in [0.15, 0.2) is 5.75 Å². The lowest BCUT2D eigenvalue weighted by atomic mass is 10.2. The molecule has 98 valence electrons. The topological polar surface area (TPSA) is 84.9 Å². The van der Waals surface area contributed by atoms with E-state index in [4.69, 9.17) is 15.9 Å². The largest absolute Gasteiger partial charge is 0.437 e. The fraction of sp³-hybridized carbons (Fsp3) is 0.214. The highest BCUT2D eigenvalue weighted by Gasteiger charge is 2.07. The molecule has 0 amide bonds. The van der Waals surface area contributed by atoms with Crippen LogP contribution in [-0.2, 0) is 6.42 Å². The molecule has 0 aromatic carbocycles. The molecule has 0 atom stereocenters. The van der Waals surface area contributed by atoms with Crippen LogP contribution in [0.3, 0.4) is 0 Å². The lowest BCUT2D eigenvalue weighted by Crippen LogP contribution is -2.11. The molecule has 0 aliphatic rings. The molecule has 0 fully saturated rings. The molecular formula is C14H16N4O. The van der Waals surface area contributed by atoms with Crippen molar-refractivity contribution in [3.8, 4) is 11.6 Å². The number of ether oxygens (including phenoxy) is 1. The van der Waals surface area contributed by atoms with E-state index in [9.17, 15) is 0 Å². The standard InChI is InChI=1S/C14H16N4O/c1-3-11-12(5-4-9(2)18-11)19-13-8-10(14(15)16)6-7-17-13/h4-8H,3H2,1-2H3,(H3,15,16). The molecule has 0 unspecified atom stereocenters. The van der Waals surface area contributed by atoms with Crippen molar-refractivity contribution >= 4 is 5.84 Å². The third kappa shape index (κ3) is 3.07. The number of nitrogens with zero attached hydrogens (tertiary/aromatic N) is 2. The zero-order valence-corrected chi connectivity index (χ0v) is 11.0. The Balaban J connectivity index is 2.30. The number of aromatic nitrogens is 2. The number of nitrogen functional groups attached to an aromatic ring is 1. The molecule has 2 aromatic rings. The molecule has 0 saturated carbocycles. The van der Waals surface area contributed by atoms with Crippen molar-refractivity contribution in [3.05, 3.63) is 47.4 Å². The minimum absolute atomic E-state index is 0.00926. The highest BCUT2D eigenvalue weighted by Crippen LogP contribution is 2.23. The van der Waals surface area contributed by atoms with Gasteiger partial charge in [-0.05, 0) is 31.5 Å². The third-order valence-electron chi connectivity index (χ3n) is 2.67. The van der Waals surface area contributed by atoms with Crippen LogP contribution in [0.4, 0.5) is 0 Å². The van der Waals surface area contributed by atoms with Crippen LogP contribution in [0.5, 0.6) is 11.6 Å². The van der Waals surface area contributed by atoms with Crippen LogP contribution in [0.1, 0.15) is 23.9 Å². The Labute approximate surface area is 112 Å². The molecule has 0 saturated heterocycles. The van der Waals surface area contributed by atoms with E-state index >= 15 is 0 Å². The van der Waals surface area contributed by atoms with Gasteiger partial charge in [-0.2, -0.15) is 0 Å². The van der Waals surface area contributed by atoms with E-state index in [0.29, 0.717) is 17.2 Å². The van der Waals surface area contributed by atoms with Crippen molar-refractivity contribution in [2.75, 3.05) is 0 Å². The summed E-state index contributed by atoms with van der Waals surface area (Å²) in [6, 6.07) is 7.08. The molecule has 0 bridgehead atoms. The molecule has 0 spiro atoms. The fourth-order valence-corrected chi connectivity index (χ4v) is 1.69. The average Bonchev–Trinajstić information content (AvgIpc) is 2.41. The summed E-state index contributed by atoms with van der Waals surface area (Å²) in [6.45, 7) is 3.96. The van der Waals surface area contributed by atoms with Crippen molar-refractivity contribution in [2.45, 2.75) is 20.3 Å². The molecule has 2 rings (SSSR count). The SMILES string of the molecule is CCc1nc(C)ccc1Oc1cc(C(=N)N)ccn1. The summed E-state index contributed by atoms with van der Waals surface area (Å²) in [4.78, 5) is 8.54. The van der Waals surface area contributed by atoms with Crippen LogP contribution >= 0.6 is 0 Å². The number of pyridine rings is 2. The minimum Gasteiger partial charge on any atom is -0.437 e. The first kappa shape index (κ1) is 13.0. The van der Waals surface area contributed by atoms with Crippen LogP contribution in [-0.4, -0.2) is 15.8 Å². The van der Waals surface area contributed by atoms with Gasteiger partial charge in [0.1, 0.15) is 5.84 Å². The quantitative estimate of drug-likeness (QED) is 0.650. The van der Waals surface area contributed by atoms with Gasteiger partial charge in [-0.15, -0.1) is 0 Å².